The molecule has 0 amide bonds. The first kappa shape index (κ1) is 15.1. The van der Waals surface area contributed by atoms with Crippen molar-refractivity contribution in [1.29, 1.82) is 5.26 Å². The van der Waals surface area contributed by atoms with Gasteiger partial charge in [0.1, 0.15) is 11.9 Å². The quantitative estimate of drug-likeness (QED) is 0.870. The molecular weight excluding hydrogens is 304 g/mol. The van der Waals surface area contributed by atoms with Crippen LogP contribution in [-0.2, 0) is 6.54 Å². The van der Waals surface area contributed by atoms with Crippen molar-refractivity contribution >= 4 is 5.82 Å². The van der Waals surface area contributed by atoms with Crippen LogP contribution in [0.15, 0.2) is 22.9 Å². The molecule has 1 aliphatic heterocycles. The predicted octanol–water partition coefficient (Wildman–Crippen LogP) is 2.15. The summed E-state index contributed by atoms with van der Waals surface area (Å²) in [4.78, 5) is 11.1. The summed E-state index contributed by atoms with van der Waals surface area (Å²) in [5.74, 6) is 3.55. The van der Waals surface area contributed by atoms with Crippen molar-refractivity contribution in [3.05, 3.63) is 35.6 Å². The molecule has 1 saturated heterocycles. The molecule has 0 aromatic carbocycles. The van der Waals surface area contributed by atoms with Crippen molar-refractivity contribution in [2.45, 2.75) is 31.7 Å². The number of hydrogen-bond donors (Lipinski definition) is 1. The van der Waals surface area contributed by atoms with Crippen LogP contribution in [-0.4, -0.2) is 39.7 Å². The molecule has 4 rings (SSSR count). The van der Waals surface area contributed by atoms with Crippen LogP contribution in [0.5, 0.6) is 0 Å². The highest BCUT2D eigenvalue weighted by molar-refractivity contribution is 5.38. The first-order chi connectivity index (χ1) is 11.8. The third kappa shape index (κ3) is 3.54. The number of nitrogens with one attached hydrogen (secondary N) is 1. The minimum Gasteiger partial charge on any atom is -0.370 e. The van der Waals surface area contributed by atoms with E-state index in [2.05, 4.69) is 31.4 Å². The fourth-order valence-corrected chi connectivity index (χ4v) is 3.07. The van der Waals surface area contributed by atoms with Gasteiger partial charge >= 0.3 is 0 Å². The summed E-state index contributed by atoms with van der Waals surface area (Å²) in [5, 5.41) is 16.2. The van der Waals surface area contributed by atoms with E-state index in [0.29, 0.717) is 17.4 Å². The average molecular weight is 324 g/mol. The largest absolute Gasteiger partial charge is 0.370 e. The van der Waals surface area contributed by atoms with Crippen LogP contribution >= 0.6 is 0 Å². The van der Waals surface area contributed by atoms with Crippen LogP contribution in [0.3, 0.4) is 0 Å². The van der Waals surface area contributed by atoms with Gasteiger partial charge in [0.05, 0.1) is 12.1 Å². The minimum atomic E-state index is 0.540. The topological polar surface area (TPSA) is 90.9 Å². The maximum atomic E-state index is 8.78. The van der Waals surface area contributed by atoms with Gasteiger partial charge in [0.2, 0.25) is 5.89 Å². The molecule has 124 valence electrons. The molecule has 1 saturated carbocycles. The first-order valence-corrected chi connectivity index (χ1v) is 8.45. The van der Waals surface area contributed by atoms with Crippen LogP contribution < -0.4 is 5.32 Å². The number of pyridine rings is 1. The molecule has 2 fully saturated rings. The number of hydrogen-bond acceptors (Lipinski definition) is 7. The SMILES string of the molecule is N#Cc1ccc(NC[C@H]2CCN(Cc3nc(C4CC4)no3)C2)nc1. The van der Waals surface area contributed by atoms with Crippen molar-refractivity contribution in [3.63, 3.8) is 0 Å². The standard InChI is InChI=1S/C17H20N6O/c18-7-12-1-4-15(19-8-12)20-9-13-5-6-23(10-13)11-16-21-17(22-24-16)14-2-3-14/h1,4,8,13-14H,2-3,5-6,9-11H2,(H,19,20)/t13-/m1/s1. The van der Waals surface area contributed by atoms with E-state index in [1.165, 1.54) is 12.8 Å². The lowest BCUT2D eigenvalue weighted by atomic mass is 10.1. The third-order valence-electron chi connectivity index (χ3n) is 4.62. The lowest BCUT2D eigenvalue weighted by Gasteiger charge is -2.14. The Balaban J connectivity index is 1.24. The Bertz CT molecular complexity index is 730. The lowest BCUT2D eigenvalue weighted by molar-refractivity contribution is 0.261. The highest BCUT2D eigenvalue weighted by atomic mass is 16.5. The Kier molecular flexibility index (Phi) is 4.13. The smallest absolute Gasteiger partial charge is 0.240 e. The summed E-state index contributed by atoms with van der Waals surface area (Å²) in [7, 11) is 0. The van der Waals surface area contributed by atoms with Gasteiger partial charge in [-0.1, -0.05) is 5.16 Å². The summed E-state index contributed by atoms with van der Waals surface area (Å²) in [6.45, 7) is 3.69. The van der Waals surface area contributed by atoms with E-state index >= 15 is 0 Å². The highest BCUT2D eigenvalue weighted by Gasteiger charge is 2.30. The van der Waals surface area contributed by atoms with Gasteiger partial charge in [-0.05, 0) is 43.9 Å². The van der Waals surface area contributed by atoms with Gasteiger partial charge in [0.25, 0.3) is 0 Å². The van der Waals surface area contributed by atoms with Gasteiger partial charge in [0, 0.05) is 25.2 Å². The molecule has 1 atom stereocenters. The van der Waals surface area contributed by atoms with E-state index in [-0.39, 0.29) is 0 Å². The zero-order chi connectivity index (χ0) is 16.4. The first-order valence-electron chi connectivity index (χ1n) is 8.45. The molecule has 1 aliphatic carbocycles. The Hall–Kier alpha value is -2.46. The van der Waals surface area contributed by atoms with Gasteiger partial charge in [-0.2, -0.15) is 10.2 Å². The van der Waals surface area contributed by atoms with Crippen LogP contribution in [0, 0.1) is 17.2 Å². The van der Waals surface area contributed by atoms with Crippen LogP contribution in [0.4, 0.5) is 5.82 Å². The molecule has 7 heteroatoms. The molecule has 0 unspecified atom stereocenters. The van der Waals surface area contributed by atoms with Gasteiger partial charge in [-0.25, -0.2) is 4.98 Å². The number of nitrogens with zero attached hydrogens (tertiary/aromatic N) is 5. The zero-order valence-corrected chi connectivity index (χ0v) is 13.5. The van der Waals surface area contributed by atoms with Gasteiger partial charge < -0.3 is 9.84 Å². The maximum Gasteiger partial charge on any atom is 0.240 e. The second-order valence-corrected chi connectivity index (χ2v) is 6.64. The number of anilines is 1. The molecule has 0 radical (unpaired) electrons. The number of nitriles is 1. The van der Waals surface area contributed by atoms with E-state index in [1.54, 1.807) is 12.3 Å². The van der Waals surface area contributed by atoms with E-state index < -0.39 is 0 Å². The molecule has 1 N–H and O–H groups in total. The Labute approximate surface area is 140 Å². The molecule has 2 aromatic heterocycles. The van der Waals surface area contributed by atoms with E-state index in [1.807, 2.05) is 6.07 Å². The van der Waals surface area contributed by atoms with Gasteiger partial charge in [-0.3, -0.25) is 4.90 Å². The van der Waals surface area contributed by atoms with Gasteiger partial charge in [0.15, 0.2) is 5.82 Å². The molecule has 7 nitrogen and oxygen atoms in total. The van der Waals surface area contributed by atoms with Crippen molar-refractivity contribution in [2.24, 2.45) is 5.92 Å². The van der Waals surface area contributed by atoms with Gasteiger partial charge in [-0.15, -0.1) is 0 Å². The molecule has 3 heterocycles. The van der Waals surface area contributed by atoms with Crippen molar-refractivity contribution in [2.75, 3.05) is 25.0 Å². The van der Waals surface area contributed by atoms with Crippen molar-refractivity contribution < 1.29 is 4.52 Å². The maximum absolute atomic E-state index is 8.78. The fourth-order valence-electron chi connectivity index (χ4n) is 3.07. The third-order valence-corrected chi connectivity index (χ3v) is 4.62. The lowest BCUT2D eigenvalue weighted by Crippen LogP contribution is -2.23. The second-order valence-electron chi connectivity index (χ2n) is 6.64. The molecule has 0 spiro atoms. The number of likely N-dealkylation sites (tertiary alicyclic amines) is 1. The highest BCUT2D eigenvalue weighted by Crippen LogP contribution is 2.38. The minimum absolute atomic E-state index is 0.540. The summed E-state index contributed by atoms with van der Waals surface area (Å²) in [6, 6.07) is 5.71. The number of rotatable bonds is 6. The Morgan fingerprint density at radius 3 is 3.00 bits per heavy atom. The predicted molar refractivity (Wildman–Crippen MR) is 87.1 cm³/mol. The zero-order valence-electron chi connectivity index (χ0n) is 13.5. The molecular formula is C17H20N6O. The monoisotopic (exact) mass is 324 g/mol. The van der Waals surface area contributed by atoms with E-state index in [0.717, 1.165) is 50.1 Å². The Morgan fingerprint density at radius 1 is 1.33 bits per heavy atom. The normalized spacial score (nSPS) is 20.9. The fraction of sp³-hybridized carbons (Fsp3) is 0.529. The van der Waals surface area contributed by atoms with Crippen molar-refractivity contribution in [3.8, 4) is 6.07 Å². The van der Waals surface area contributed by atoms with E-state index in [4.69, 9.17) is 9.78 Å². The summed E-state index contributed by atoms with van der Waals surface area (Å²) in [5.41, 5.74) is 0.581. The molecule has 2 aliphatic rings. The summed E-state index contributed by atoms with van der Waals surface area (Å²) in [6.07, 6.45) is 5.13. The van der Waals surface area contributed by atoms with Crippen LogP contribution in [0.1, 0.15) is 42.5 Å². The average Bonchev–Trinajstić information content (AvgIpc) is 3.20. The molecule has 0 bridgehead atoms. The molecule has 24 heavy (non-hydrogen) atoms. The second kappa shape index (κ2) is 6.57. The Morgan fingerprint density at radius 2 is 2.25 bits per heavy atom. The van der Waals surface area contributed by atoms with Crippen LogP contribution in [0.2, 0.25) is 0 Å². The summed E-state index contributed by atoms with van der Waals surface area (Å²) < 4.78 is 5.36. The number of aromatic nitrogens is 3. The van der Waals surface area contributed by atoms with Crippen LogP contribution in [0.25, 0.3) is 0 Å². The summed E-state index contributed by atoms with van der Waals surface area (Å²) >= 11 is 0. The molecule has 2 aromatic rings. The van der Waals surface area contributed by atoms with E-state index in [9.17, 15) is 0 Å². The van der Waals surface area contributed by atoms with Crippen molar-refractivity contribution in [1.82, 2.24) is 20.0 Å².